The lowest BCUT2D eigenvalue weighted by atomic mass is 10.2. The van der Waals surface area contributed by atoms with Crippen molar-refractivity contribution in [1.29, 1.82) is 0 Å². The number of aromatic nitrogens is 3. The van der Waals surface area contributed by atoms with Crippen molar-refractivity contribution in [2.24, 2.45) is 5.73 Å². The topological polar surface area (TPSA) is 102 Å². The van der Waals surface area contributed by atoms with Crippen LogP contribution in [0.3, 0.4) is 0 Å². The first-order valence-electron chi connectivity index (χ1n) is 3.68. The van der Waals surface area contributed by atoms with E-state index in [1.807, 2.05) is 0 Å². The van der Waals surface area contributed by atoms with Gasteiger partial charge >= 0.3 is 5.97 Å². The number of aliphatic carboxylic acids is 1. The predicted molar refractivity (Wildman–Crippen MR) is 43.9 cm³/mol. The number of hydrogen-bond acceptors (Lipinski definition) is 5. The first-order valence-corrected chi connectivity index (χ1v) is 3.68. The third-order valence-electron chi connectivity index (χ3n) is 1.56. The fourth-order valence-corrected chi connectivity index (χ4v) is 0.925. The van der Waals surface area contributed by atoms with Gasteiger partial charge in [-0.15, -0.1) is 10.2 Å². The molecule has 0 aliphatic heterocycles. The third-order valence-corrected chi connectivity index (χ3v) is 1.56. The Morgan fingerprint density at radius 2 is 2.08 bits per heavy atom. The van der Waals surface area contributed by atoms with Crippen molar-refractivity contribution in [2.75, 3.05) is 0 Å². The molecule has 1 aromatic heterocycles. The summed E-state index contributed by atoms with van der Waals surface area (Å²) in [5.74, 6) is -0.637. The van der Waals surface area contributed by atoms with E-state index in [1.165, 1.54) is 0 Å². The molecule has 3 N–H and O–H groups in total. The number of rotatable bonds is 2. The molecule has 0 saturated heterocycles. The predicted octanol–water partition coefficient (Wildman–Crippen LogP) is -0.427. The highest BCUT2D eigenvalue weighted by Crippen LogP contribution is 2.09. The lowest BCUT2D eigenvalue weighted by Crippen LogP contribution is -2.24. The van der Waals surface area contributed by atoms with Crippen LogP contribution in [0.1, 0.15) is 23.3 Å². The maximum absolute atomic E-state index is 10.5. The molecule has 0 radical (unpaired) electrons. The first kappa shape index (κ1) is 9.53. The van der Waals surface area contributed by atoms with Crippen molar-refractivity contribution in [2.45, 2.75) is 19.9 Å². The summed E-state index contributed by atoms with van der Waals surface area (Å²) in [7, 11) is 0. The molecule has 0 aromatic carbocycles. The van der Waals surface area contributed by atoms with Crippen LogP contribution in [0, 0.1) is 13.8 Å². The zero-order chi connectivity index (χ0) is 10.0. The van der Waals surface area contributed by atoms with Crippen LogP contribution in [-0.4, -0.2) is 26.3 Å². The fourth-order valence-electron chi connectivity index (χ4n) is 0.925. The molecule has 1 atom stereocenters. The molecule has 0 amide bonds. The molecule has 6 heteroatoms. The second-order valence-corrected chi connectivity index (χ2v) is 2.65. The fraction of sp³-hybridized carbons (Fsp3) is 0.429. The van der Waals surface area contributed by atoms with E-state index in [0.717, 1.165) is 0 Å². The number of carboxylic acid groups (broad SMARTS) is 1. The van der Waals surface area contributed by atoms with Gasteiger partial charge < -0.3 is 10.8 Å². The van der Waals surface area contributed by atoms with Crippen molar-refractivity contribution in [3.8, 4) is 0 Å². The average Bonchev–Trinajstić information content (AvgIpc) is 2.03. The van der Waals surface area contributed by atoms with Crippen molar-refractivity contribution >= 4 is 5.97 Å². The SMILES string of the molecule is Cc1nnc(C(N)C(=O)O)c(C)n1. The van der Waals surface area contributed by atoms with Crippen LogP contribution < -0.4 is 5.73 Å². The number of nitrogens with two attached hydrogens (primary N) is 1. The van der Waals surface area contributed by atoms with Crippen molar-refractivity contribution in [1.82, 2.24) is 15.2 Å². The van der Waals surface area contributed by atoms with Crippen LogP contribution in [0.2, 0.25) is 0 Å². The Bertz CT molecular complexity index is 339. The quantitative estimate of drug-likeness (QED) is 0.643. The summed E-state index contributed by atoms with van der Waals surface area (Å²) in [4.78, 5) is 14.5. The van der Waals surface area contributed by atoms with Gasteiger partial charge in [-0.3, -0.25) is 4.79 Å². The number of nitrogens with zero attached hydrogens (tertiary/aromatic N) is 3. The number of hydrogen-bond donors (Lipinski definition) is 2. The van der Waals surface area contributed by atoms with E-state index < -0.39 is 12.0 Å². The van der Waals surface area contributed by atoms with Gasteiger partial charge in [0.2, 0.25) is 0 Å². The van der Waals surface area contributed by atoms with E-state index in [1.54, 1.807) is 13.8 Å². The van der Waals surface area contributed by atoms with Crippen LogP contribution in [-0.2, 0) is 4.79 Å². The van der Waals surface area contributed by atoms with Crippen LogP contribution in [0.5, 0.6) is 0 Å². The molecule has 1 rings (SSSR count). The van der Waals surface area contributed by atoms with Gasteiger partial charge in [0.15, 0.2) is 0 Å². The van der Waals surface area contributed by atoms with Crippen molar-refractivity contribution in [3.05, 3.63) is 17.2 Å². The second-order valence-electron chi connectivity index (χ2n) is 2.65. The van der Waals surface area contributed by atoms with Gasteiger partial charge in [-0.2, -0.15) is 0 Å². The summed E-state index contributed by atoms with van der Waals surface area (Å²) in [5, 5.41) is 15.9. The van der Waals surface area contributed by atoms with Gasteiger partial charge in [0.05, 0.1) is 5.69 Å². The Balaban J connectivity index is 3.08. The lowest BCUT2D eigenvalue weighted by molar-refractivity contribution is -0.138. The second kappa shape index (κ2) is 3.44. The summed E-state index contributed by atoms with van der Waals surface area (Å²) in [5.41, 5.74) is 6.06. The molecule has 1 heterocycles. The number of carboxylic acids is 1. The zero-order valence-corrected chi connectivity index (χ0v) is 7.35. The highest BCUT2D eigenvalue weighted by Gasteiger charge is 2.19. The van der Waals surface area contributed by atoms with E-state index in [0.29, 0.717) is 11.5 Å². The third kappa shape index (κ3) is 1.97. The molecular weight excluding hydrogens is 172 g/mol. The maximum atomic E-state index is 10.5. The van der Waals surface area contributed by atoms with Gasteiger partial charge in [0.1, 0.15) is 17.6 Å². The van der Waals surface area contributed by atoms with Gasteiger partial charge in [-0.1, -0.05) is 0 Å². The highest BCUT2D eigenvalue weighted by molar-refractivity contribution is 5.74. The summed E-state index contributed by atoms with van der Waals surface area (Å²) in [6.07, 6.45) is 0. The zero-order valence-electron chi connectivity index (χ0n) is 7.35. The van der Waals surface area contributed by atoms with Gasteiger partial charge in [-0.25, -0.2) is 4.98 Å². The normalized spacial score (nSPS) is 12.5. The van der Waals surface area contributed by atoms with Crippen LogP contribution in [0.15, 0.2) is 0 Å². The highest BCUT2D eigenvalue weighted by atomic mass is 16.4. The standard InChI is InChI=1S/C7H10N4O2/c1-3-6(5(8)7(12)13)11-10-4(2)9-3/h5H,8H2,1-2H3,(H,12,13). The molecular formula is C7H10N4O2. The van der Waals surface area contributed by atoms with E-state index in [2.05, 4.69) is 15.2 Å². The van der Waals surface area contributed by atoms with Crippen LogP contribution in [0.25, 0.3) is 0 Å². The van der Waals surface area contributed by atoms with E-state index >= 15 is 0 Å². The minimum Gasteiger partial charge on any atom is -0.480 e. The summed E-state index contributed by atoms with van der Waals surface area (Å²) in [6.45, 7) is 3.33. The molecule has 70 valence electrons. The Kier molecular flexibility index (Phi) is 2.52. The Morgan fingerprint density at radius 3 is 2.54 bits per heavy atom. The minimum atomic E-state index is -1.15. The smallest absolute Gasteiger partial charge is 0.326 e. The molecule has 0 bridgehead atoms. The lowest BCUT2D eigenvalue weighted by Gasteiger charge is -2.06. The Hall–Kier alpha value is -1.56. The van der Waals surface area contributed by atoms with E-state index in [-0.39, 0.29) is 5.69 Å². The van der Waals surface area contributed by atoms with Gasteiger partial charge in [-0.05, 0) is 13.8 Å². The minimum absolute atomic E-state index is 0.207. The molecule has 0 spiro atoms. The molecule has 0 fully saturated rings. The van der Waals surface area contributed by atoms with Gasteiger partial charge in [0.25, 0.3) is 0 Å². The summed E-state index contributed by atoms with van der Waals surface area (Å²) < 4.78 is 0. The summed E-state index contributed by atoms with van der Waals surface area (Å²) in [6, 6.07) is -1.15. The Morgan fingerprint density at radius 1 is 1.46 bits per heavy atom. The average molecular weight is 182 g/mol. The molecule has 0 aliphatic rings. The van der Waals surface area contributed by atoms with Crippen LogP contribution >= 0.6 is 0 Å². The number of carbonyl (C=O) groups is 1. The van der Waals surface area contributed by atoms with Gasteiger partial charge in [0, 0.05) is 0 Å². The first-order chi connectivity index (χ1) is 6.02. The van der Waals surface area contributed by atoms with E-state index in [4.69, 9.17) is 10.8 Å². The molecule has 1 unspecified atom stereocenters. The van der Waals surface area contributed by atoms with Crippen molar-refractivity contribution < 1.29 is 9.90 Å². The molecule has 6 nitrogen and oxygen atoms in total. The maximum Gasteiger partial charge on any atom is 0.326 e. The molecule has 13 heavy (non-hydrogen) atoms. The monoisotopic (exact) mass is 182 g/mol. The molecule has 0 saturated carbocycles. The molecule has 0 aliphatic carbocycles. The largest absolute Gasteiger partial charge is 0.480 e. The van der Waals surface area contributed by atoms with E-state index in [9.17, 15) is 4.79 Å². The van der Waals surface area contributed by atoms with Crippen LogP contribution in [0.4, 0.5) is 0 Å². The number of aryl methyl sites for hydroxylation is 2. The summed E-state index contributed by atoms with van der Waals surface area (Å²) >= 11 is 0. The molecule has 1 aromatic rings. The van der Waals surface area contributed by atoms with Crippen molar-refractivity contribution in [3.63, 3.8) is 0 Å². The Labute approximate surface area is 74.8 Å².